The molecule has 0 aliphatic carbocycles. The van der Waals surface area contributed by atoms with Crippen LogP contribution in [0.1, 0.15) is 30.9 Å². The zero-order valence-corrected chi connectivity index (χ0v) is 13.2. The van der Waals surface area contributed by atoms with Crippen LogP contribution in [0.4, 0.5) is 5.69 Å². The van der Waals surface area contributed by atoms with Crippen LogP contribution in [-0.2, 0) is 10.0 Å². The van der Waals surface area contributed by atoms with Crippen LogP contribution in [0.5, 0.6) is 0 Å². The van der Waals surface area contributed by atoms with Gasteiger partial charge in [-0.25, -0.2) is 8.42 Å². The molecule has 1 rings (SSSR count). The Morgan fingerprint density at radius 2 is 1.90 bits per heavy atom. The van der Waals surface area contributed by atoms with Crippen molar-refractivity contribution < 1.29 is 13.5 Å². The Hall–Kier alpha value is -1.11. The van der Waals surface area contributed by atoms with Gasteiger partial charge in [0.05, 0.1) is 11.5 Å². The van der Waals surface area contributed by atoms with Crippen molar-refractivity contribution in [3.05, 3.63) is 23.3 Å². The SMILES string of the molecule is CCCCN(CCO)S(=O)(=O)c1cc(C)cc(N)c1C. The van der Waals surface area contributed by atoms with Crippen molar-refractivity contribution in [2.75, 3.05) is 25.4 Å². The highest BCUT2D eigenvalue weighted by molar-refractivity contribution is 7.89. The lowest BCUT2D eigenvalue weighted by Gasteiger charge is -2.23. The summed E-state index contributed by atoms with van der Waals surface area (Å²) in [5.74, 6) is 0. The van der Waals surface area contributed by atoms with Crippen molar-refractivity contribution in [1.29, 1.82) is 0 Å². The third-order valence-corrected chi connectivity index (χ3v) is 5.30. The van der Waals surface area contributed by atoms with E-state index in [1.807, 2.05) is 13.8 Å². The first-order chi connectivity index (χ1) is 9.34. The fourth-order valence-electron chi connectivity index (χ4n) is 2.06. The molecular formula is C14H24N2O3S. The van der Waals surface area contributed by atoms with E-state index < -0.39 is 10.0 Å². The molecular weight excluding hydrogens is 276 g/mol. The Morgan fingerprint density at radius 3 is 2.45 bits per heavy atom. The van der Waals surface area contributed by atoms with Gasteiger partial charge in [0.15, 0.2) is 0 Å². The number of benzene rings is 1. The van der Waals surface area contributed by atoms with Gasteiger partial charge in [-0.2, -0.15) is 4.31 Å². The standard InChI is InChI=1S/C14H24N2O3S/c1-4-5-6-16(7-8-17)20(18,19)14-10-11(2)9-13(15)12(14)3/h9-10,17H,4-8,15H2,1-3H3. The minimum Gasteiger partial charge on any atom is -0.398 e. The van der Waals surface area contributed by atoms with Crippen LogP contribution in [0.15, 0.2) is 17.0 Å². The second kappa shape index (κ2) is 7.06. The Morgan fingerprint density at radius 1 is 1.25 bits per heavy atom. The molecule has 0 amide bonds. The summed E-state index contributed by atoms with van der Waals surface area (Å²) in [5.41, 5.74) is 7.71. The quantitative estimate of drug-likeness (QED) is 0.750. The van der Waals surface area contributed by atoms with Crippen molar-refractivity contribution in [3.8, 4) is 0 Å². The number of aliphatic hydroxyl groups excluding tert-OH is 1. The predicted octanol–water partition coefficient (Wildman–Crippen LogP) is 1.67. The summed E-state index contributed by atoms with van der Waals surface area (Å²) >= 11 is 0. The highest BCUT2D eigenvalue weighted by atomic mass is 32.2. The molecule has 0 bridgehead atoms. The van der Waals surface area contributed by atoms with Crippen LogP contribution in [0.2, 0.25) is 0 Å². The van der Waals surface area contributed by atoms with E-state index in [2.05, 4.69) is 0 Å². The first-order valence-electron chi connectivity index (χ1n) is 6.82. The zero-order chi connectivity index (χ0) is 15.3. The normalized spacial score (nSPS) is 12.1. The van der Waals surface area contributed by atoms with Crippen molar-refractivity contribution in [2.45, 2.75) is 38.5 Å². The lowest BCUT2D eigenvalue weighted by molar-refractivity contribution is 0.252. The molecule has 5 nitrogen and oxygen atoms in total. The maximum absolute atomic E-state index is 12.7. The second-order valence-corrected chi connectivity index (χ2v) is 6.86. The van der Waals surface area contributed by atoms with Crippen molar-refractivity contribution >= 4 is 15.7 Å². The first kappa shape index (κ1) is 16.9. The van der Waals surface area contributed by atoms with Gasteiger partial charge < -0.3 is 10.8 Å². The number of hydrogen-bond donors (Lipinski definition) is 2. The molecule has 20 heavy (non-hydrogen) atoms. The van der Waals surface area contributed by atoms with E-state index in [1.165, 1.54) is 4.31 Å². The summed E-state index contributed by atoms with van der Waals surface area (Å²) in [6, 6.07) is 3.40. The topological polar surface area (TPSA) is 83.6 Å². The molecule has 0 atom stereocenters. The number of nitrogens with two attached hydrogens (primary N) is 1. The lowest BCUT2D eigenvalue weighted by atomic mass is 10.1. The van der Waals surface area contributed by atoms with Crippen LogP contribution < -0.4 is 5.73 Å². The van der Waals surface area contributed by atoms with E-state index in [1.54, 1.807) is 19.1 Å². The van der Waals surface area contributed by atoms with E-state index in [0.717, 1.165) is 18.4 Å². The van der Waals surface area contributed by atoms with Gasteiger partial charge in [0.25, 0.3) is 0 Å². The van der Waals surface area contributed by atoms with Crippen molar-refractivity contribution in [1.82, 2.24) is 4.31 Å². The molecule has 6 heteroatoms. The molecule has 3 N–H and O–H groups in total. The molecule has 1 aromatic rings. The average molecular weight is 300 g/mol. The van der Waals surface area contributed by atoms with Gasteiger partial charge in [-0.05, 0) is 43.5 Å². The summed E-state index contributed by atoms with van der Waals surface area (Å²) in [6.45, 7) is 5.85. The van der Waals surface area contributed by atoms with Gasteiger partial charge in [0.2, 0.25) is 10.0 Å². The summed E-state index contributed by atoms with van der Waals surface area (Å²) in [7, 11) is -3.62. The van der Waals surface area contributed by atoms with Crippen LogP contribution in [-0.4, -0.2) is 37.5 Å². The number of nitrogens with zero attached hydrogens (tertiary/aromatic N) is 1. The molecule has 0 saturated heterocycles. The molecule has 0 aliphatic rings. The summed E-state index contributed by atoms with van der Waals surface area (Å²) < 4.78 is 26.8. The van der Waals surface area contributed by atoms with E-state index in [-0.39, 0.29) is 18.0 Å². The maximum Gasteiger partial charge on any atom is 0.243 e. The van der Waals surface area contributed by atoms with Gasteiger partial charge in [0.1, 0.15) is 0 Å². The smallest absolute Gasteiger partial charge is 0.243 e. The molecule has 0 aromatic heterocycles. The van der Waals surface area contributed by atoms with Gasteiger partial charge in [-0.3, -0.25) is 0 Å². The predicted molar refractivity (Wildman–Crippen MR) is 81.1 cm³/mol. The third kappa shape index (κ3) is 3.71. The maximum atomic E-state index is 12.7. The van der Waals surface area contributed by atoms with Gasteiger partial charge in [-0.15, -0.1) is 0 Å². The summed E-state index contributed by atoms with van der Waals surface area (Å²) in [6.07, 6.45) is 1.66. The molecule has 0 heterocycles. The Labute approximate surface area is 121 Å². The average Bonchev–Trinajstić information content (AvgIpc) is 2.38. The highest BCUT2D eigenvalue weighted by Gasteiger charge is 2.26. The molecule has 0 fully saturated rings. The fraction of sp³-hybridized carbons (Fsp3) is 0.571. The number of aryl methyl sites for hydroxylation is 1. The second-order valence-electron chi connectivity index (χ2n) is 4.96. The van der Waals surface area contributed by atoms with Crippen LogP contribution in [0.25, 0.3) is 0 Å². The van der Waals surface area contributed by atoms with Crippen molar-refractivity contribution in [2.24, 2.45) is 0 Å². The highest BCUT2D eigenvalue weighted by Crippen LogP contribution is 2.26. The third-order valence-electron chi connectivity index (χ3n) is 3.27. The molecule has 0 saturated carbocycles. The molecule has 114 valence electrons. The first-order valence-corrected chi connectivity index (χ1v) is 8.26. The Balaban J connectivity index is 3.25. The van der Waals surface area contributed by atoms with Crippen molar-refractivity contribution in [3.63, 3.8) is 0 Å². The number of rotatable bonds is 7. The molecule has 0 unspecified atom stereocenters. The molecule has 0 radical (unpaired) electrons. The van der Waals surface area contributed by atoms with E-state index in [4.69, 9.17) is 10.8 Å². The number of aliphatic hydroxyl groups is 1. The minimum atomic E-state index is -3.62. The van der Waals surface area contributed by atoms with Gasteiger partial charge >= 0.3 is 0 Å². The van der Waals surface area contributed by atoms with Gasteiger partial charge in [-0.1, -0.05) is 13.3 Å². The number of unbranched alkanes of at least 4 members (excludes halogenated alkanes) is 1. The van der Waals surface area contributed by atoms with Crippen LogP contribution >= 0.6 is 0 Å². The monoisotopic (exact) mass is 300 g/mol. The molecule has 1 aromatic carbocycles. The zero-order valence-electron chi connectivity index (χ0n) is 12.4. The van der Waals surface area contributed by atoms with Gasteiger partial charge in [0, 0.05) is 18.8 Å². The number of nitrogen functional groups attached to an aromatic ring is 1. The van der Waals surface area contributed by atoms with E-state index >= 15 is 0 Å². The fourth-order valence-corrected chi connectivity index (χ4v) is 3.87. The van der Waals surface area contributed by atoms with E-state index in [9.17, 15) is 8.42 Å². The number of sulfonamides is 1. The largest absolute Gasteiger partial charge is 0.398 e. The Kier molecular flexibility index (Phi) is 5.98. The van der Waals surface area contributed by atoms with Crippen LogP contribution in [0.3, 0.4) is 0 Å². The lowest BCUT2D eigenvalue weighted by Crippen LogP contribution is -2.35. The number of anilines is 1. The minimum absolute atomic E-state index is 0.107. The Bertz CT molecular complexity index is 556. The molecule has 0 aliphatic heterocycles. The number of hydrogen-bond acceptors (Lipinski definition) is 4. The van der Waals surface area contributed by atoms with E-state index in [0.29, 0.717) is 17.8 Å². The van der Waals surface area contributed by atoms with Crippen LogP contribution in [0, 0.1) is 13.8 Å². The summed E-state index contributed by atoms with van der Waals surface area (Å²) in [5, 5.41) is 9.09. The molecule has 0 spiro atoms. The summed E-state index contributed by atoms with van der Waals surface area (Å²) in [4.78, 5) is 0.236.